The van der Waals surface area contributed by atoms with Gasteiger partial charge in [0.2, 0.25) is 5.96 Å². The molecule has 0 spiro atoms. The van der Waals surface area contributed by atoms with Crippen molar-refractivity contribution in [2.24, 2.45) is 10.7 Å². The first-order valence-corrected chi connectivity index (χ1v) is 11.0. The summed E-state index contributed by atoms with van der Waals surface area (Å²) in [5.74, 6) is 1.08. The number of rotatable bonds is 4. The number of benzene rings is 2. The second-order valence-electron chi connectivity index (χ2n) is 8.11. The third-order valence-corrected chi connectivity index (χ3v) is 6.06. The number of nitrogens with zero attached hydrogens (tertiary/aromatic N) is 1. The summed E-state index contributed by atoms with van der Waals surface area (Å²) >= 11 is 5.76. The normalized spacial score (nSPS) is 21.6. The van der Waals surface area contributed by atoms with Crippen LogP contribution in [0.3, 0.4) is 0 Å². The molecular weight excluding hydrogens is 455 g/mol. The number of ether oxygens (including phenoxy) is 1. The quantitative estimate of drug-likeness (QED) is 0.516. The van der Waals surface area contributed by atoms with Gasteiger partial charge in [-0.25, -0.2) is 4.99 Å². The number of hydrogen-bond donors (Lipinski definition) is 4. The Balaban J connectivity index is 1.52. The van der Waals surface area contributed by atoms with Crippen molar-refractivity contribution in [3.05, 3.63) is 70.4 Å². The molecule has 6 nitrogen and oxygen atoms in total. The molecule has 1 saturated heterocycles. The summed E-state index contributed by atoms with van der Waals surface area (Å²) in [6.45, 7) is 3.59. The van der Waals surface area contributed by atoms with Crippen LogP contribution in [-0.2, 0) is 11.8 Å². The van der Waals surface area contributed by atoms with Gasteiger partial charge in [-0.1, -0.05) is 17.7 Å². The van der Waals surface area contributed by atoms with E-state index in [1.165, 1.54) is 12.1 Å². The van der Waals surface area contributed by atoms with Crippen molar-refractivity contribution in [2.45, 2.75) is 37.7 Å². The number of guanidine groups is 1. The van der Waals surface area contributed by atoms with Crippen LogP contribution in [0.5, 0.6) is 5.75 Å². The van der Waals surface area contributed by atoms with Gasteiger partial charge in [-0.05, 0) is 80.4 Å². The van der Waals surface area contributed by atoms with Crippen LogP contribution >= 0.6 is 11.6 Å². The van der Waals surface area contributed by atoms with Gasteiger partial charge in [-0.2, -0.15) is 13.2 Å². The summed E-state index contributed by atoms with van der Waals surface area (Å²) in [5.41, 5.74) is 5.50. The average molecular weight is 480 g/mol. The summed E-state index contributed by atoms with van der Waals surface area (Å²) in [7, 11) is 0. The number of nitrogens with one attached hydrogen (secondary N) is 3. The Kier molecular flexibility index (Phi) is 6.56. The SMILES string of the molecule is CC1=CNC(Nc2ccc(OC3CCNCC3)cc2)=NC1(N)c1ccc(Cl)c(C(F)(F)F)c1. The van der Waals surface area contributed by atoms with Crippen molar-refractivity contribution in [1.82, 2.24) is 10.6 Å². The summed E-state index contributed by atoms with van der Waals surface area (Å²) in [5, 5.41) is 9.02. The van der Waals surface area contributed by atoms with E-state index in [9.17, 15) is 13.2 Å². The molecule has 2 aromatic carbocycles. The molecule has 176 valence electrons. The molecule has 10 heteroatoms. The highest BCUT2D eigenvalue weighted by Gasteiger charge is 2.38. The minimum atomic E-state index is -4.60. The molecule has 2 aliphatic rings. The highest BCUT2D eigenvalue weighted by atomic mass is 35.5. The molecule has 0 radical (unpaired) electrons. The van der Waals surface area contributed by atoms with Crippen molar-refractivity contribution >= 4 is 23.2 Å². The number of anilines is 1. The first kappa shape index (κ1) is 23.4. The van der Waals surface area contributed by atoms with Crippen molar-refractivity contribution in [1.29, 1.82) is 0 Å². The topological polar surface area (TPSA) is 83.7 Å². The van der Waals surface area contributed by atoms with Gasteiger partial charge in [-0.15, -0.1) is 0 Å². The highest BCUT2D eigenvalue weighted by Crippen LogP contribution is 2.39. The van der Waals surface area contributed by atoms with E-state index in [1.54, 1.807) is 13.1 Å². The molecule has 1 atom stereocenters. The Labute approximate surface area is 195 Å². The predicted molar refractivity (Wildman–Crippen MR) is 123 cm³/mol. The molecule has 2 aromatic rings. The van der Waals surface area contributed by atoms with E-state index in [0.717, 1.165) is 43.4 Å². The fraction of sp³-hybridized carbons (Fsp3) is 0.348. The van der Waals surface area contributed by atoms with Crippen molar-refractivity contribution in [3.8, 4) is 5.75 Å². The van der Waals surface area contributed by atoms with Crippen LogP contribution in [0.4, 0.5) is 18.9 Å². The van der Waals surface area contributed by atoms with Gasteiger partial charge < -0.3 is 20.7 Å². The number of piperidine rings is 1. The van der Waals surface area contributed by atoms with Gasteiger partial charge in [-0.3, -0.25) is 5.73 Å². The third-order valence-electron chi connectivity index (χ3n) is 5.73. The van der Waals surface area contributed by atoms with Crippen LogP contribution in [0, 0.1) is 0 Å². The number of nitrogens with two attached hydrogens (primary N) is 1. The first-order valence-electron chi connectivity index (χ1n) is 10.6. The van der Waals surface area contributed by atoms with Crippen LogP contribution in [0.25, 0.3) is 0 Å². The van der Waals surface area contributed by atoms with E-state index in [0.29, 0.717) is 11.5 Å². The predicted octanol–water partition coefficient (Wildman–Crippen LogP) is 4.58. The van der Waals surface area contributed by atoms with E-state index in [-0.39, 0.29) is 16.7 Å². The zero-order chi connectivity index (χ0) is 23.6. The van der Waals surface area contributed by atoms with Gasteiger partial charge in [0.1, 0.15) is 11.9 Å². The van der Waals surface area contributed by atoms with Gasteiger partial charge >= 0.3 is 6.18 Å². The lowest BCUT2D eigenvalue weighted by Gasteiger charge is -2.32. The molecule has 0 saturated carbocycles. The van der Waals surface area contributed by atoms with Crippen molar-refractivity contribution in [3.63, 3.8) is 0 Å². The van der Waals surface area contributed by atoms with Gasteiger partial charge in [0.05, 0.1) is 10.6 Å². The van der Waals surface area contributed by atoms with Crippen LogP contribution in [-0.4, -0.2) is 25.2 Å². The Hall–Kier alpha value is -2.75. The highest BCUT2D eigenvalue weighted by molar-refractivity contribution is 6.31. The summed E-state index contributed by atoms with van der Waals surface area (Å²) in [4.78, 5) is 4.48. The molecular formula is C23H25ClF3N5O. The lowest BCUT2D eigenvalue weighted by atomic mass is 9.91. The smallest absolute Gasteiger partial charge is 0.417 e. The molecule has 0 amide bonds. The Bertz CT molecular complexity index is 1060. The Morgan fingerprint density at radius 2 is 1.85 bits per heavy atom. The summed E-state index contributed by atoms with van der Waals surface area (Å²) in [6, 6.07) is 11.0. The van der Waals surface area contributed by atoms with E-state index in [2.05, 4.69) is 20.9 Å². The molecule has 5 N–H and O–H groups in total. The molecule has 1 unspecified atom stereocenters. The van der Waals surface area contributed by atoms with E-state index < -0.39 is 17.4 Å². The number of halogens is 4. The molecule has 33 heavy (non-hydrogen) atoms. The molecule has 0 aliphatic carbocycles. The van der Waals surface area contributed by atoms with Crippen LogP contribution < -0.4 is 26.4 Å². The van der Waals surface area contributed by atoms with E-state index >= 15 is 0 Å². The van der Waals surface area contributed by atoms with Crippen molar-refractivity contribution < 1.29 is 17.9 Å². The number of aliphatic imine (C=N–C) groups is 1. The maximum atomic E-state index is 13.3. The van der Waals surface area contributed by atoms with Gasteiger partial charge in [0, 0.05) is 11.9 Å². The lowest BCUT2D eigenvalue weighted by Crippen LogP contribution is -2.44. The average Bonchev–Trinajstić information content (AvgIpc) is 2.78. The largest absolute Gasteiger partial charge is 0.490 e. The van der Waals surface area contributed by atoms with Crippen molar-refractivity contribution in [2.75, 3.05) is 18.4 Å². The van der Waals surface area contributed by atoms with Gasteiger partial charge in [0.15, 0.2) is 5.66 Å². The lowest BCUT2D eigenvalue weighted by molar-refractivity contribution is -0.137. The maximum Gasteiger partial charge on any atom is 0.417 e. The Morgan fingerprint density at radius 1 is 1.15 bits per heavy atom. The maximum absolute atomic E-state index is 13.3. The standard InChI is InChI=1S/C23H25ClF3N5O/c1-14-13-30-21(31-16-3-5-17(6-4-16)33-18-8-10-29-11-9-18)32-22(14,28)15-2-7-20(24)19(12-15)23(25,26)27/h2-7,12-13,18,29H,8-11,28H2,1H3,(H2,30,31,32). The van der Waals surface area contributed by atoms with Gasteiger partial charge in [0.25, 0.3) is 0 Å². The van der Waals surface area contributed by atoms with Crippen LogP contribution in [0.2, 0.25) is 5.02 Å². The summed E-state index contributed by atoms with van der Waals surface area (Å²) < 4.78 is 46.1. The summed E-state index contributed by atoms with van der Waals surface area (Å²) in [6.07, 6.45) is -0.860. The monoisotopic (exact) mass is 479 g/mol. The molecule has 1 fully saturated rings. The molecule has 4 rings (SSSR count). The molecule has 0 aromatic heterocycles. The second-order valence-corrected chi connectivity index (χ2v) is 8.51. The Morgan fingerprint density at radius 3 is 2.52 bits per heavy atom. The minimum absolute atomic E-state index is 0.180. The van der Waals surface area contributed by atoms with Crippen LogP contribution in [0.1, 0.15) is 30.9 Å². The zero-order valence-corrected chi connectivity index (χ0v) is 18.7. The zero-order valence-electron chi connectivity index (χ0n) is 18.0. The molecule has 2 heterocycles. The van der Waals surface area contributed by atoms with Crippen LogP contribution in [0.15, 0.2) is 59.2 Å². The fourth-order valence-corrected chi connectivity index (χ4v) is 4.00. The molecule has 0 bridgehead atoms. The third kappa shape index (κ3) is 5.26. The van der Waals surface area contributed by atoms with E-state index in [4.69, 9.17) is 22.1 Å². The van der Waals surface area contributed by atoms with E-state index in [1.807, 2.05) is 24.3 Å². The first-order chi connectivity index (χ1) is 15.6. The minimum Gasteiger partial charge on any atom is -0.490 e. The number of alkyl halides is 3. The second kappa shape index (κ2) is 9.24. The fourth-order valence-electron chi connectivity index (χ4n) is 3.78. The number of hydrogen-bond acceptors (Lipinski definition) is 6. The molecule has 2 aliphatic heterocycles.